The van der Waals surface area contributed by atoms with Gasteiger partial charge in [-0.25, -0.2) is 4.79 Å². The number of ether oxygens (including phenoxy) is 4. The average molecular weight is 506 g/mol. The summed E-state index contributed by atoms with van der Waals surface area (Å²) in [5.74, 6) is 0.386. The quantitative estimate of drug-likeness (QED) is 0.433. The molecule has 0 saturated heterocycles. The number of Topliss-reactive ketones (excluding diaryl/α,β-unsaturated/α-hetero) is 1. The van der Waals surface area contributed by atoms with Gasteiger partial charge < -0.3 is 18.9 Å². The van der Waals surface area contributed by atoms with Crippen molar-refractivity contribution in [2.45, 2.75) is 58.5 Å². The summed E-state index contributed by atoms with van der Waals surface area (Å²) < 4.78 is 22.4. The van der Waals surface area contributed by atoms with Crippen LogP contribution in [0.2, 0.25) is 0 Å². The summed E-state index contributed by atoms with van der Waals surface area (Å²) >= 11 is 0. The van der Waals surface area contributed by atoms with Crippen LogP contribution in [0.3, 0.4) is 0 Å². The van der Waals surface area contributed by atoms with Gasteiger partial charge in [0.2, 0.25) is 0 Å². The minimum Gasteiger partial charge on any atom is -0.494 e. The molecule has 7 heteroatoms. The molecule has 1 aliphatic carbocycles. The molecule has 0 aromatic heterocycles. The van der Waals surface area contributed by atoms with E-state index in [1.54, 1.807) is 14.2 Å². The van der Waals surface area contributed by atoms with E-state index < -0.39 is 17.8 Å². The molecule has 1 heterocycles. The van der Waals surface area contributed by atoms with Gasteiger partial charge >= 0.3 is 5.97 Å². The molecule has 1 fully saturated rings. The van der Waals surface area contributed by atoms with Crippen molar-refractivity contribution in [3.05, 3.63) is 64.9 Å². The Morgan fingerprint density at radius 2 is 1.73 bits per heavy atom. The number of allylic oxidation sites excluding steroid dienone is 1. The molecule has 0 N–H and O–H groups in total. The van der Waals surface area contributed by atoms with E-state index in [1.165, 1.54) is 0 Å². The zero-order valence-corrected chi connectivity index (χ0v) is 22.4. The Balaban J connectivity index is 1.80. The fourth-order valence-corrected chi connectivity index (χ4v) is 5.42. The summed E-state index contributed by atoms with van der Waals surface area (Å²) in [5, 5.41) is 0. The third-order valence-corrected chi connectivity index (χ3v) is 6.95. The summed E-state index contributed by atoms with van der Waals surface area (Å²) in [5.41, 5.74) is 3.58. The second-order valence-electron chi connectivity index (χ2n) is 9.67. The van der Waals surface area contributed by atoms with Gasteiger partial charge in [-0.05, 0) is 63.8 Å². The predicted molar refractivity (Wildman–Crippen MR) is 142 cm³/mol. The molecule has 1 unspecified atom stereocenters. The van der Waals surface area contributed by atoms with E-state index >= 15 is 0 Å². The number of benzene rings is 2. The second-order valence-corrected chi connectivity index (χ2v) is 9.67. The fourth-order valence-electron chi connectivity index (χ4n) is 5.42. The van der Waals surface area contributed by atoms with Gasteiger partial charge in [0.05, 0.1) is 38.4 Å². The van der Waals surface area contributed by atoms with Crippen molar-refractivity contribution in [2.24, 2.45) is 10.9 Å². The Morgan fingerprint density at radius 1 is 1.00 bits per heavy atom. The highest BCUT2D eigenvalue weighted by molar-refractivity contribution is 6.12. The molecular formula is C30H35NO6. The van der Waals surface area contributed by atoms with Crippen molar-refractivity contribution in [3.8, 4) is 17.2 Å². The molecule has 0 amide bonds. The van der Waals surface area contributed by atoms with Crippen LogP contribution in [-0.4, -0.2) is 44.4 Å². The highest BCUT2D eigenvalue weighted by Gasteiger charge is 2.47. The van der Waals surface area contributed by atoms with Gasteiger partial charge in [-0.15, -0.1) is 0 Å². The number of methoxy groups -OCH3 is 2. The van der Waals surface area contributed by atoms with Gasteiger partial charge in [0.1, 0.15) is 11.5 Å². The molecule has 1 aliphatic heterocycles. The summed E-state index contributed by atoms with van der Waals surface area (Å²) in [6.45, 7) is 7.83. The largest absolute Gasteiger partial charge is 0.494 e. The number of aliphatic imine (C=N–C) groups is 1. The molecular weight excluding hydrogens is 470 g/mol. The SMILES string of the molecule is CCOc1ccccc1[C@H]1C(C(=O)OC(C)C)=C(C)N=C2C[C@H](c3ccc(OC)c(OC)c3)CC(=O)C21. The number of carbonyl (C=O) groups excluding carboxylic acids is 2. The van der Waals surface area contributed by atoms with Crippen molar-refractivity contribution >= 4 is 17.5 Å². The number of esters is 1. The molecule has 0 radical (unpaired) electrons. The van der Waals surface area contributed by atoms with Crippen molar-refractivity contribution in [2.75, 3.05) is 20.8 Å². The van der Waals surface area contributed by atoms with E-state index in [9.17, 15) is 9.59 Å². The van der Waals surface area contributed by atoms with Crippen molar-refractivity contribution < 1.29 is 28.5 Å². The number of nitrogens with zero attached hydrogens (tertiary/aromatic N) is 1. The van der Waals surface area contributed by atoms with E-state index in [4.69, 9.17) is 23.9 Å². The van der Waals surface area contributed by atoms with Crippen LogP contribution < -0.4 is 14.2 Å². The molecule has 0 spiro atoms. The molecule has 37 heavy (non-hydrogen) atoms. The lowest BCUT2D eigenvalue weighted by molar-refractivity contribution is -0.143. The van der Waals surface area contributed by atoms with Crippen molar-refractivity contribution in [1.82, 2.24) is 0 Å². The maximum atomic E-state index is 13.9. The predicted octanol–water partition coefficient (Wildman–Crippen LogP) is 5.63. The van der Waals surface area contributed by atoms with Gasteiger partial charge in [0, 0.05) is 29.3 Å². The standard InChI is InChI=1S/C30H35NO6/c1-7-36-24-11-9-8-10-21(24)28-27(30(33)37-17(2)3)18(4)31-22-14-20(15-23(32)29(22)28)19-12-13-25(34-5)26(16-19)35-6/h8-13,16-17,20,28-29H,7,14-15H2,1-6H3/t20-,28-,29?/m0/s1. The summed E-state index contributed by atoms with van der Waals surface area (Å²) in [7, 11) is 3.20. The number of fused-ring (bicyclic) bond motifs is 1. The monoisotopic (exact) mass is 505 g/mol. The lowest BCUT2D eigenvalue weighted by Crippen LogP contribution is -2.41. The maximum Gasteiger partial charge on any atom is 0.336 e. The minimum absolute atomic E-state index is 0.0448. The van der Waals surface area contributed by atoms with Crippen LogP contribution in [0, 0.1) is 5.92 Å². The Hall–Kier alpha value is -3.61. The molecule has 2 aromatic rings. The zero-order chi connectivity index (χ0) is 26.7. The van der Waals surface area contributed by atoms with Crippen LogP contribution in [-0.2, 0) is 14.3 Å². The Morgan fingerprint density at radius 3 is 2.41 bits per heavy atom. The molecule has 2 aliphatic rings. The normalized spacial score (nSPS) is 21.3. The number of para-hydroxylation sites is 1. The zero-order valence-electron chi connectivity index (χ0n) is 22.4. The number of rotatable bonds is 8. The summed E-state index contributed by atoms with van der Waals surface area (Å²) in [4.78, 5) is 32.1. The molecule has 196 valence electrons. The highest BCUT2D eigenvalue weighted by Crippen LogP contribution is 2.48. The second kappa shape index (κ2) is 11.2. The Labute approximate surface area is 218 Å². The van der Waals surface area contributed by atoms with E-state index in [-0.39, 0.29) is 17.8 Å². The Kier molecular flexibility index (Phi) is 8.00. The molecule has 2 aromatic carbocycles. The maximum absolute atomic E-state index is 13.9. The first kappa shape index (κ1) is 26.5. The number of hydrogen-bond donors (Lipinski definition) is 0. The molecule has 7 nitrogen and oxygen atoms in total. The van der Waals surface area contributed by atoms with Crippen LogP contribution in [0.5, 0.6) is 17.2 Å². The first-order valence-corrected chi connectivity index (χ1v) is 12.7. The van der Waals surface area contributed by atoms with Gasteiger partial charge in [0.25, 0.3) is 0 Å². The smallest absolute Gasteiger partial charge is 0.336 e. The summed E-state index contributed by atoms with van der Waals surface area (Å²) in [6.07, 6.45) is 0.638. The summed E-state index contributed by atoms with van der Waals surface area (Å²) in [6, 6.07) is 13.4. The third kappa shape index (κ3) is 5.26. The highest BCUT2D eigenvalue weighted by atomic mass is 16.5. The number of ketones is 1. The lowest BCUT2D eigenvalue weighted by Gasteiger charge is -2.38. The third-order valence-electron chi connectivity index (χ3n) is 6.95. The molecule has 3 atom stereocenters. The van der Waals surface area contributed by atoms with Crippen LogP contribution in [0.25, 0.3) is 0 Å². The van der Waals surface area contributed by atoms with Gasteiger partial charge in [0.15, 0.2) is 11.5 Å². The minimum atomic E-state index is -0.559. The average Bonchev–Trinajstić information content (AvgIpc) is 2.87. The fraction of sp³-hybridized carbons (Fsp3) is 0.433. The van der Waals surface area contributed by atoms with Crippen LogP contribution in [0.4, 0.5) is 0 Å². The topological polar surface area (TPSA) is 83.4 Å². The van der Waals surface area contributed by atoms with Crippen LogP contribution in [0.1, 0.15) is 63.5 Å². The number of hydrogen-bond acceptors (Lipinski definition) is 7. The van der Waals surface area contributed by atoms with Gasteiger partial charge in [-0.3, -0.25) is 9.79 Å². The van der Waals surface area contributed by atoms with Crippen LogP contribution in [0.15, 0.2) is 58.7 Å². The van der Waals surface area contributed by atoms with Crippen LogP contribution >= 0.6 is 0 Å². The Bertz CT molecular complexity index is 1240. The van der Waals surface area contributed by atoms with Gasteiger partial charge in [-0.2, -0.15) is 0 Å². The van der Waals surface area contributed by atoms with E-state index in [0.717, 1.165) is 16.8 Å². The lowest BCUT2D eigenvalue weighted by atomic mass is 9.66. The molecule has 0 bridgehead atoms. The molecule has 4 rings (SSSR count). The van der Waals surface area contributed by atoms with E-state index in [1.807, 2.05) is 70.2 Å². The first-order valence-electron chi connectivity index (χ1n) is 12.7. The van der Waals surface area contributed by atoms with Crippen molar-refractivity contribution in [3.63, 3.8) is 0 Å². The molecule has 1 saturated carbocycles. The first-order chi connectivity index (χ1) is 17.8. The van der Waals surface area contributed by atoms with E-state index in [0.29, 0.717) is 48.0 Å². The number of carbonyl (C=O) groups is 2. The van der Waals surface area contributed by atoms with Gasteiger partial charge in [-0.1, -0.05) is 24.3 Å². The van der Waals surface area contributed by atoms with E-state index in [2.05, 4.69) is 0 Å². The van der Waals surface area contributed by atoms with Crippen molar-refractivity contribution in [1.29, 1.82) is 0 Å².